The van der Waals surface area contributed by atoms with Gasteiger partial charge in [-0.3, -0.25) is 0 Å². The first-order valence-electron chi connectivity index (χ1n) is 6.33. The van der Waals surface area contributed by atoms with Crippen LogP contribution in [-0.2, 0) is 10.3 Å². The van der Waals surface area contributed by atoms with Gasteiger partial charge in [0.05, 0.1) is 22.7 Å². The third-order valence-electron chi connectivity index (χ3n) is 3.64. The van der Waals surface area contributed by atoms with Gasteiger partial charge in [-0.2, -0.15) is 0 Å². The fraction of sp³-hybridized carbons (Fsp3) is 0.571. The van der Waals surface area contributed by atoms with Gasteiger partial charge in [-0.1, -0.05) is 13.8 Å². The molecular formula is C14H17BrF2O2. The Balaban J connectivity index is 2.42. The van der Waals surface area contributed by atoms with E-state index in [2.05, 4.69) is 15.9 Å². The monoisotopic (exact) mass is 334 g/mol. The van der Waals surface area contributed by atoms with Crippen molar-refractivity contribution in [2.45, 2.75) is 38.4 Å². The van der Waals surface area contributed by atoms with E-state index >= 15 is 0 Å². The highest BCUT2D eigenvalue weighted by molar-refractivity contribution is 9.10. The van der Waals surface area contributed by atoms with E-state index < -0.39 is 17.2 Å². The average molecular weight is 335 g/mol. The van der Waals surface area contributed by atoms with Gasteiger partial charge in [-0.05, 0) is 34.0 Å². The molecule has 19 heavy (non-hydrogen) atoms. The molecule has 0 amide bonds. The first-order valence-corrected chi connectivity index (χ1v) is 7.12. The van der Waals surface area contributed by atoms with Crippen LogP contribution in [0.15, 0.2) is 16.6 Å². The fourth-order valence-corrected chi connectivity index (χ4v) is 2.81. The summed E-state index contributed by atoms with van der Waals surface area (Å²) in [7, 11) is 0. The van der Waals surface area contributed by atoms with Gasteiger partial charge in [-0.15, -0.1) is 0 Å². The molecule has 1 aromatic rings. The predicted molar refractivity (Wildman–Crippen MR) is 71.8 cm³/mol. The van der Waals surface area contributed by atoms with E-state index in [-0.39, 0.29) is 34.9 Å². The molecule has 5 heteroatoms. The minimum absolute atomic E-state index is 0.157. The van der Waals surface area contributed by atoms with E-state index in [0.29, 0.717) is 6.61 Å². The van der Waals surface area contributed by atoms with E-state index in [1.54, 1.807) is 0 Å². The molecule has 2 rings (SSSR count). The highest BCUT2D eigenvalue weighted by atomic mass is 79.9. The lowest BCUT2D eigenvalue weighted by atomic mass is 9.80. The van der Waals surface area contributed by atoms with Crippen molar-refractivity contribution in [1.29, 1.82) is 0 Å². The summed E-state index contributed by atoms with van der Waals surface area (Å²) < 4.78 is 33.8. The lowest BCUT2D eigenvalue weighted by Crippen LogP contribution is -2.42. The van der Waals surface area contributed by atoms with E-state index in [0.717, 1.165) is 0 Å². The van der Waals surface area contributed by atoms with Crippen molar-refractivity contribution in [3.8, 4) is 0 Å². The molecule has 2 atom stereocenters. The molecule has 1 aliphatic rings. The van der Waals surface area contributed by atoms with Crippen LogP contribution >= 0.6 is 15.9 Å². The van der Waals surface area contributed by atoms with Crippen LogP contribution in [0.2, 0.25) is 0 Å². The van der Waals surface area contributed by atoms with Crippen molar-refractivity contribution in [1.82, 2.24) is 0 Å². The molecule has 0 aromatic heterocycles. The summed E-state index contributed by atoms with van der Waals surface area (Å²) in [5.74, 6) is -1.26. The molecule has 1 aromatic carbocycles. The van der Waals surface area contributed by atoms with Crippen molar-refractivity contribution in [2.75, 3.05) is 6.61 Å². The molecule has 0 aliphatic carbocycles. The molecule has 1 heterocycles. The SMILES string of the molecule is CC(C)C1CC(O)(c2c(F)ccc(Br)c2F)CCO1. The molecule has 2 nitrogen and oxygen atoms in total. The number of hydrogen-bond acceptors (Lipinski definition) is 2. The van der Waals surface area contributed by atoms with Gasteiger partial charge in [0.2, 0.25) is 0 Å². The van der Waals surface area contributed by atoms with Crippen LogP contribution < -0.4 is 0 Å². The summed E-state index contributed by atoms with van der Waals surface area (Å²) in [6.07, 6.45) is 0.201. The van der Waals surface area contributed by atoms with Gasteiger partial charge < -0.3 is 9.84 Å². The van der Waals surface area contributed by atoms with Crippen molar-refractivity contribution in [2.24, 2.45) is 5.92 Å². The first-order chi connectivity index (χ1) is 8.85. The van der Waals surface area contributed by atoms with E-state index in [9.17, 15) is 13.9 Å². The van der Waals surface area contributed by atoms with Gasteiger partial charge in [0.1, 0.15) is 17.2 Å². The summed E-state index contributed by atoms with van der Waals surface area (Å²) in [6, 6.07) is 2.47. The second-order valence-electron chi connectivity index (χ2n) is 5.36. The molecule has 1 fully saturated rings. The molecule has 1 aliphatic heterocycles. The number of hydrogen-bond donors (Lipinski definition) is 1. The molecule has 0 bridgehead atoms. The third-order valence-corrected chi connectivity index (χ3v) is 4.25. The standard InChI is InChI=1S/C14H17BrF2O2/c1-8(2)11-7-14(18,5-6-19-11)12-10(16)4-3-9(15)13(12)17/h3-4,8,11,18H,5-7H2,1-2H3. The van der Waals surface area contributed by atoms with Crippen LogP contribution in [-0.4, -0.2) is 17.8 Å². The fourth-order valence-electron chi connectivity index (χ4n) is 2.48. The summed E-state index contributed by atoms with van der Waals surface area (Å²) in [5, 5.41) is 10.7. The van der Waals surface area contributed by atoms with Crippen LogP contribution in [0.5, 0.6) is 0 Å². The van der Waals surface area contributed by atoms with E-state index in [1.807, 2.05) is 13.8 Å². The molecule has 106 valence electrons. The maximum absolute atomic E-state index is 14.1. The van der Waals surface area contributed by atoms with E-state index in [4.69, 9.17) is 4.74 Å². The molecular weight excluding hydrogens is 318 g/mol. The Bertz CT molecular complexity index is 479. The number of aliphatic hydroxyl groups is 1. The summed E-state index contributed by atoms with van der Waals surface area (Å²) >= 11 is 3.03. The Morgan fingerprint density at radius 3 is 2.74 bits per heavy atom. The van der Waals surface area contributed by atoms with Gasteiger partial charge >= 0.3 is 0 Å². The van der Waals surface area contributed by atoms with Gasteiger partial charge in [0, 0.05) is 12.8 Å². The molecule has 1 saturated heterocycles. The van der Waals surface area contributed by atoms with Crippen LogP contribution in [0.1, 0.15) is 32.3 Å². The predicted octanol–water partition coefficient (Wildman–Crippen LogP) is 3.75. The molecule has 2 unspecified atom stereocenters. The van der Waals surface area contributed by atoms with Crippen LogP contribution in [0, 0.1) is 17.6 Å². The Labute approximate surface area is 119 Å². The molecule has 0 radical (unpaired) electrons. The Kier molecular flexibility index (Phi) is 4.28. The van der Waals surface area contributed by atoms with Crippen LogP contribution in [0.25, 0.3) is 0 Å². The van der Waals surface area contributed by atoms with Crippen LogP contribution in [0.4, 0.5) is 8.78 Å². The van der Waals surface area contributed by atoms with Crippen molar-refractivity contribution in [3.05, 3.63) is 33.8 Å². The number of rotatable bonds is 2. The number of benzene rings is 1. The average Bonchev–Trinajstić information content (AvgIpc) is 2.34. The first kappa shape index (κ1) is 14.9. The largest absolute Gasteiger partial charge is 0.385 e. The maximum Gasteiger partial charge on any atom is 0.146 e. The highest BCUT2D eigenvalue weighted by Crippen LogP contribution is 2.40. The smallest absolute Gasteiger partial charge is 0.146 e. The molecule has 1 N–H and O–H groups in total. The molecule has 0 saturated carbocycles. The molecule has 0 spiro atoms. The minimum atomic E-state index is -1.51. The number of ether oxygens (including phenoxy) is 1. The Morgan fingerprint density at radius 2 is 2.11 bits per heavy atom. The highest BCUT2D eigenvalue weighted by Gasteiger charge is 2.41. The quantitative estimate of drug-likeness (QED) is 0.834. The maximum atomic E-state index is 14.1. The van der Waals surface area contributed by atoms with Crippen LogP contribution in [0.3, 0.4) is 0 Å². The Hall–Kier alpha value is -0.520. The summed E-state index contributed by atoms with van der Waals surface area (Å²) in [5.41, 5.74) is -1.76. The van der Waals surface area contributed by atoms with Crippen molar-refractivity contribution in [3.63, 3.8) is 0 Å². The Morgan fingerprint density at radius 1 is 1.42 bits per heavy atom. The number of halogens is 3. The third kappa shape index (κ3) is 2.83. The van der Waals surface area contributed by atoms with E-state index in [1.165, 1.54) is 12.1 Å². The second-order valence-corrected chi connectivity index (χ2v) is 6.21. The van der Waals surface area contributed by atoms with Gasteiger partial charge in [0.15, 0.2) is 0 Å². The van der Waals surface area contributed by atoms with Crippen molar-refractivity contribution >= 4 is 15.9 Å². The lowest BCUT2D eigenvalue weighted by Gasteiger charge is -2.39. The van der Waals surface area contributed by atoms with Crippen molar-refractivity contribution < 1.29 is 18.6 Å². The second kappa shape index (κ2) is 5.46. The topological polar surface area (TPSA) is 29.5 Å². The summed E-state index contributed by atoms with van der Waals surface area (Å²) in [6.45, 7) is 4.22. The zero-order chi connectivity index (χ0) is 14.2. The zero-order valence-corrected chi connectivity index (χ0v) is 12.5. The normalized spacial score (nSPS) is 27.8. The summed E-state index contributed by atoms with van der Waals surface area (Å²) in [4.78, 5) is 0. The van der Waals surface area contributed by atoms with Gasteiger partial charge in [-0.25, -0.2) is 8.78 Å². The van der Waals surface area contributed by atoms with Gasteiger partial charge in [0.25, 0.3) is 0 Å². The lowest BCUT2D eigenvalue weighted by molar-refractivity contribution is -0.124. The zero-order valence-electron chi connectivity index (χ0n) is 10.9. The minimum Gasteiger partial charge on any atom is -0.385 e.